The Morgan fingerprint density at radius 1 is 1.29 bits per heavy atom. The summed E-state index contributed by atoms with van der Waals surface area (Å²) in [7, 11) is 0. The molecule has 1 heterocycles. The molecule has 1 amide bonds. The molecule has 1 aromatic carbocycles. The first-order valence-electron chi connectivity index (χ1n) is 7.10. The number of ether oxygens (including phenoxy) is 1. The number of hydrogen-bond acceptors (Lipinski definition) is 5. The van der Waals surface area contributed by atoms with Gasteiger partial charge in [0, 0.05) is 23.7 Å². The van der Waals surface area contributed by atoms with Crippen molar-refractivity contribution in [2.75, 3.05) is 4.90 Å². The molecule has 24 heavy (non-hydrogen) atoms. The molecule has 0 aliphatic heterocycles. The molecule has 1 N–H and O–H groups in total. The predicted octanol–water partition coefficient (Wildman–Crippen LogP) is 4.07. The van der Waals surface area contributed by atoms with Crippen molar-refractivity contribution in [1.29, 1.82) is 0 Å². The van der Waals surface area contributed by atoms with Gasteiger partial charge in [0.1, 0.15) is 11.9 Å². The summed E-state index contributed by atoms with van der Waals surface area (Å²) in [6.45, 7) is 5.35. The number of carboxylic acid groups (broad SMARTS) is 1. The van der Waals surface area contributed by atoms with Crippen LogP contribution in [0.2, 0.25) is 0 Å². The Kier molecular flexibility index (Phi) is 4.68. The number of benzene rings is 1. The fourth-order valence-electron chi connectivity index (χ4n) is 2.13. The summed E-state index contributed by atoms with van der Waals surface area (Å²) in [6, 6.07) is 9.21. The average molecular weight is 331 g/mol. The zero-order chi connectivity index (χ0) is 17.9. The maximum absolute atomic E-state index is 11.5. The topological polar surface area (TPSA) is 106 Å². The minimum atomic E-state index is -1.08. The van der Waals surface area contributed by atoms with Crippen molar-refractivity contribution in [2.45, 2.75) is 26.3 Å². The van der Waals surface area contributed by atoms with Gasteiger partial charge in [0.05, 0.1) is 10.6 Å². The van der Waals surface area contributed by atoms with E-state index < -0.39 is 16.6 Å². The van der Waals surface area contributed by atoms with Crippen molar-refractivity contribution >= 4 is 17.5 Å². The summed E-state index contributed by atoms with van der Waals surface area (Å²) in [5.74, 6) is 0.555. The molecule has 0 unspecified atom stereocenters. The molecule has 0 atom stereocenters. The maximum atomic E-state index is 11.5. The van der Waals surface area contributed by atoms with Gasteiger partial charge in [-0.2, -0.15) is 0 Å². The lowest BCUT2D eigenvalue weighted by Gasteiger charge is -2.33. The lowest BCUT2D eigenvalue weighted by Crippen LogP contribution is -2.45. The normalized spacial score (nSPS) is 11.0. The van der Waals surface area contributed by atoms with Crippen molar-refractivity contribution in [3.63, 3.8) is 0 Å². The van der Waals surface area contributed by atoms with E-state index >= 15 is 0 Å². The third-order valence-electron chi connectivity index (χ3n) is 3.09. The van der Waals surface area contributed by atoms with Crippen LogP contribution >= 0.6 is 0 Å². The van der Waals surface area contributed by atoms with Gasteiger partial charge >= 0.3 is 6.09 Å². The number of nitrogens with zero attached hydrogens (tertiary/aromatic N) is 3. The Labute approximate surface area is 138 Å². The maximum Gasteiger partial charge on any atom is 0.412 e. The van der Waals surface area contributed by atoms with Crippen molar-refractivity contribution in [3.05, 3.63) is 52.7 Å². The van der Waals surface area contributed by atoms with Gasteiger partial charge in [-0.05, 0) is 32.9 Å². The van der Waals surface area contributed by atoms with Crippen LogP contribution < -0.4 is 9.64 Å². The second-order valence-corrected chi connectivity index (χ2v) is 6.00. The number of aromatic nitrogens is 1. The lowest BCUT2D eigenvalue weighted by molar-refractivity contribution is -0.385. The summed E-state index contributed by atoms with van der Waals surface area (Å²) < 4.78 is 5.54. The number of rotatable bonds is 4. The van der Waals surface area contributed by atoms with Crippen LogP contribution in [0.4, 0.5) is 16.2 Å². The number of hydrogen-bond donors (Lipinski definition) is 1. The van der Waals surface area contributed by atoms with Gasteiger partial charge in [-0.15, -0.1) is 0 Å². The Hall–Kier alpha value is -3.16. The molecule has 0 bridgehead atoms. The van der Waals surface area contributed by atoms with E-state index in [1.807, 2.05) is 0 Å². The molecule has 8 nitrogen and oxygen atoms in total. The summed E-state index contributed by atoms with van der Waals surface area (Å²) in [5.41, 5.74) is -0.314. The number of pyridine rings is 1. The van der Waals surface area contributed by atoms with Crippen molar-refractivity contribution in [1.82, 2.24) is 4.98 Å². The van der Waals surface area contributed by atoms with E-state index in [-0.39, 0.29) is 11.6 Å². The van der Waals surface area contributed by atoms with E-state index in [9.17, 15) is 20.0 Å². The molecule has 0 spiro atoms. The van der Waals surface area contributed by atoms with Gasteiger partial charge in [-0.1, -0.05) is 6.07 Å². The van der Waals surface area contributed by atoms with E-state index in [0.717, 1.165) is 6.20 Å². The molecule has 8 heteroatoms. The fraction of sp³-hybridized carbons (Fsp3) is 0.250. The van der Waals surface area contributed by atoms with E-state index in [1.54, 1.807) is 45.0 Å². The molecule has 0 radical (unpaired) electrons. The van der Waals surface area contributed by atoms with Gasteiger partial charge in [0.2, 0.25) is 5.88 Å². The van der Waals surface area contributed by atoms with Gasteiger partial charge < -0.3 is 9.84 Å². The number of carbonyl (C=O) groups is 1. The number of nitro groups is 1. The van der Waals surface area contributed by atoms with E-state index in [4.69, 9.17) is 4.74 Å². The van der Waals surface area contributed by atoms with Crippen LogP contribution in [0, 0.1) is 10.1 Å². The molecule has 0 fully saturated rings. The molecule has 2 rings (SSSR count). The monoisotopic (exact) mass is 331 g/mol. The van der Waals surface area contributed by atoms with Crippen LogP contribution in [-0.4, -0.2) is 26.6 Å². The largest absolute Gasteiger partial charge is 0.465 e. The van der Waals surface area contributed by atoms with Crippen LogP contribution in [-0.2, 0) is 0 Å². The van der Waals surface area contributed by atoms with Crippen LogP contribution in [0.15, 0.2) is 42.6 Å². The summed E-state index contributed by atoms with van der Waals surface area (Å²) >= 11 is 0. The molecular formula is C16H17N3O5. The Balaban J connectivity index is 2.27. The zero-order valence-corrected chi connectivity index (χ0v) is 13.5. The van der Waals surface area contributed by atoms with Crippen LogP contribution in [0.1, 0.15) is 20.8 Å². The summed E-state index contributed by atoms with van der Waals surface area (Å²) in [4.78, 5) is 26.7. The first kappa shape index (κ1) is 17.2. The highest BCUT2D eigenvalue weighted by Crippen LogP contribution is 2.29. The van der Waals surface area contributed by atoms with E-state index in [0.29, 0.717) is 11.4 Å². The molecule has 0 aliphatic rings. The number of amides is 1. The highest BCUT2D eigenvalue weighted by atomic mass is 16.6. The van der Waals surface area contributed by atoms with Gasteiger partial charge in [0.15, 0.2) is 0 Å². The second kappa shape index (κ2) is 6.53. The highest BCUT2D eigenvalue weighted by Gasteiger charge is 2.28. The fourth-order valence-corrected chi connectivity index (χ4v) is 2.13. The average Bonchev–Trinajstić information content (AvgIpc) is 2.46. The SMILES string of the molecule is CC(C)(C)N(C(=O)O)c1cccc(Oc2ccc([N+](=O)[O-])cn2)c1. The molecule has 2 aromatic rings. The lowest BCUT2D eigenvalue weighted by atomic mass is 10.1. The molecular weight excluding hydrogens is 314 g/mol. The summed E-state index contributed by atoms with van der Waals surface area (Å²) in [5, 5.41) is 20.0. The molecule has 0 saturated heterocycles. The molecule has 126 valence electrons. The van der Waals surface area contributed by atoms with Gasteiger partial charge in [0.25, 0.3) is 5.69 Å². The third-order valence-corrected chi connectivity index (χ3v) is 3.09. The second-order valence-electron chi connectivity index (χ2n) is 6.00. The minimum Gasteiger partial charge on any atom is -0.465 e. The van der Waals surface area contributed by atoms with Gasteiger partial charge in [-0.25, -0.2) is 9.78 Å². The van der Waals surface area contributed by atoms with Crippen molar-refractivity contribution in [3.8, 4) is 11.6 Å². The van der Waals surface area contributed by atoms with Crippen molar-refractivity contribution < 1.29 is 19.6 Å². The number of anilines is 1. The Morgan fingerprint density at radius 3 is 2.50 bits per heavy atom. The van der Waals surface area contributed by atoms with Crippen molar-refractivity contribution in [2.24, 2.45) is 0 Å². The van der Waals surface area contributed by atoms with E-state index in [1.165, 1.54) is 17.0 Å². The quantitative estimate of drug-likeness (QED) is 0.669. The highest BCUT2D eigenvalue weighted by molar-refractivity contribution is 5.87. The zero-order valence-electron chi connectivity index (χ0n) is 13.5. The minimum absolute atomic E-state index is 0.138. The molecule has 0 saturated carbocycles. The van der Waals surface area contributed by atoms with Gasteiger partial charge in [-0.3, -0.25) is 15.0 Å². The third kappa shape index (κ3) is 3.97. The smallest absolute Gasteiger partial charge is 0.412 e. The first-order chi connectivity index (χ1) is 11.2. The summed E-state index contributed by atoms with van der Waals surface area (Å²) in [6.07, 6.45) is 0.0193. The predicted molar refractivity (Wildman–Crippen MR) is 87.7 cm³/mol. The Bertz CT molecular complexity index is 753. The molecule has 0 aliphatic carbocycles. The van der Waals surface area contributed by atoms with Crippen LogP contribution in [0.3, 0.4) is 0 Å². The van der Waals surface area contributed by atoms with Crippen LogP contribution in [0.5, 0.6) is 11.6 Å². The molecule has 1 aromatic heterocycles. The standard InChI is InChI=1S/C16H17N3O5/c1-16(2,3)18(15(20)21)11-5-4-6-13(9-11)24-14-8-7-12(10-17-14)19(22)23/h4-10H,1-3H3,(H,20,21). The van der Waals surface area contributed by atoms with Crippen LogP contribution in [0.25, 0.3) is 0 Å². The Morgan fingerprint density at radius 2 is 2.00 bits per heavy atom. The van der Waals surface area contributed by atoms with E-state index in [2.05, 4.69) is 4.98 Å². The first-order valence-corrected chi connectivity index (χ1v) is 7.10.